The van der Waals surface area contributed by atoms with Crippen LogP contribution < -0.4 is 16.0 Å². The summed E-state index contributed by atoms with van der Waals surface area (Å²) >= 11 is 1.50. The highest BCUT2D eigenvalue weighted by Gasteiger charge is 2.31. The summed E-state index contributed by atoms with van der Waals surface area (Å²) in [4.78, 5) is 17.3. The molecule has 3 N–H and O–H groups in total. The van der Waals surface area contributed by atoms with Crippen LogP contribution >= 0.6 is 11.3 Å². The van der Waals surface area contributed by atoms with E-state index >= 15 is 0 Å². The summed E-state index contributed by atoms with van der Waals surface area (Å²) in [5.74, 6) is -0.0896. The summed E-state index contributed by atoms with van der Waals surface area (Å²) in [6, 6.07) is 2.63. The van der Waals surface area contributed by atoms with Crippen LogP contribution in [-0.2, 0) is 0 Å². The van der Waals surface area contributed by atoms with Gasteiger partial charge in [0.1, 0.15) is 4.88 Å². The summed E-state index contributed by atoms with van der Waals surface area (Å²) in [5, 5.41) is 3.77. The molecule has 2 aliphatic rings. The second-order valence-electron chi connectivity index (χ2n) is 5.23. The van der Waals surface area contributed by atoms with Crippen LogP contribution in [0.1, 0.15) is 22.5 Å². The Morgan fingerprint density at radius 2 is 2.32 bits per heavy atom. The maximum absolute atomic E-state index is 11.7. The fourth-order valence-electron chi connectivity index (χ4n) is 3.03. The minimum atomic E-state index is -0.0896. The van der Waals surface area contributed by atoms with E-state index in [9.17, 15) is 4.79 Å². The molecule has 1 amide bonds. The maximum atomic E-state index is 11.7. The second kappa shape index (κ2) is 5.02. The van der Waals surface area contributed by atoms with Gasteiger partial charge in [0.2, 0.25) is 0 Å². The molecule has 3 heterocycles. The number of carbonyl (C=O) groups is 1. The van der Waals surface area contributed by atoms with Crippen LogP contribution in [0, 0.1) is 0 Å². The summed E-state index contributed by atoms with van der Waals surface area (Å²) in [5.41, 5.74) is 6.53. The van der Waals surface area contributed by atoms with Crippen molar-refractivity contribution in [2.75, 3.05) is 43.9 Å². The van der Waals surface area contributed by atoms with Gasteiger partial charge in [0.15, 0.2) is 0 Å². The molecule has 0 spiro atoms. The predicted molar refractivity (Wildman–Crippen MR) is 78.9 cm³/mol. The molecule has 0 radical (unpaired) electrons. The Labute approximate surface area is 117 Å². The Balaban J connectivity index is 1.77. The number of rotatable bonds is 2. The molecule has 0 aliphatic carbocycles. The zero-order chi connectivity index (χ0) is 13.4. The molecule has 5 nitrogen and oxygen atoms in total. The third-order valence-corrected chi connectivity index (χ3v) is 5.29. The fraction of sp³-hybridized carbons (Fsp3) is 0.615. The molecule has 6 heteroatoms. The van der Waals surface area contributed by atoms with Gasteiger partial charge in [-0.3, -0.25) is 9.69 Å². The van der Waals surface area contributed by atoms with Crippen molar-refractivity contribution < 1.29 is 4.79 Å². The molecule has 1 aromatic heterocycles. The first-order valence-electron chi connectivity index (χ1n) is 6.79. The summed E-state index contributed by atoms with van der Waals surface area (Å²) < 4.78 is 0. The molecule has 19 heavy (non-hydrogen) atoms. The van der Waals surface area contributed by atoms with E-state index in [1.54, 1.807) is 7.05 Å². The smallest absolute Gasteiger partial charge is 0.263 e. The molecule has 104 valence electrons. The maximum Gasteiger partial charge on any atom is 0.263 e. The number of anilines is 2. The van der Waals surface area contributed by atoms with Gasteiger partial charge < -0.3 is 16.0 Å². The van der Waals surface area contributed by atoms with Crippen LogP contribution in [0.5, 0.6) is 0 Å². The van der Waals surface area contributed by atoms with E-state index in [1.165, 1.54) is 30.7 Å². The standard InChI is InChI=1S/C13H20N4OS/c1-15-13(18)12-10(14)7-11(19-12)17-6-5-16-4-2-3-9(16)8-17/h7,9H,2-6,8,14H2,1H3,(H,15,18). The molecule has 0 aromatic carbocycles. The number of fused-ring (bicyclic) bond motifs is 1. The number of nitrogens with two attached hydrogens (primary N) is 1. The lowest BCUT2D eigenvalue weighted by atomic mass is 10.1. The predicted octanol–water partition coefficient (Wildman–Crippen LogP) is 0.974. The molecule has 2 saturated heterocycles. The van der Waals surface area contributed by atoms with Crippen LogP contribution in [0.3, 0.4) is 0 Å². The van der Waals surface area contributed by atoms with Crippen LogP contribution in [0.25, 0.3) is 0 Å². The Hall–Kier alpha value is -1.27. The lowest BCUT2D eigenvalue weighted by molar-refractivity contribution is 0.0968. The summed E-state index contributed by atoms with van der Waals surface area (Å²) in [7, 11) is 1.64. The van der Waals surface area contributed by atoms with E-state index in [2.05, 4.69) is 15.1 Å². The number of piperazine rings is 1. The molecule has 2 fully saturated rings. The fourth-order valence-corrected chi connectivity index (χ4v) is 4.09. The van der Waals surface area contributed by atoms with Crippen molar-refractivity contribution in [3.05, 3.63) is 10.9 Å². The minimum Gasteiger partial charge on any atom is -0.397 e. The minimum absolute atomic E-state index is 0.0896. The SMILES string of the molecule is CNC(=O)c1sc(N2CCN3CCCC3C2)cc1N. The van der Waals surface area contributed by atoms with Gasteiger partial charge >= 0.3 is 0 Å². The average molecular weight is 280 g/mol. The monoisotopic (exact) mass is 280 g/mol. The number of carbonyl (C=O) groups excluding carboxylic acids is 1. The Kier molecular flexibility index (Phi) is 3.36. The molecule has 1 aromatic rings. The van der Waals surface area contributed by atoms with Gasteiger partial charge in [0.05, 0.1) is 10.7 Å². The van der Waals surface area contributed by atoms with Crippen LogP contribution in [-0.4, -0.2) is 50.1 Å². The Bertz CT molecular complexity index is 487. The van der Waals surface area contributed by atoms with Crippen LogP contribution in [0.15, 0.2) is 6.07 Å². The molecule has 1 atom stereocenters. The number of hydrogen-bond donors (Lipinski definition) is 2. The first-order valence-corrected chi connectivity index (χ1v) is 7.61. The molecular formula is C13H20N4OS. The van der Waals surface area contributed by atoms with Crippen molar-refractivity contribution in [3.63, 3.8) is 0 Å². The van der Waals surface area contributed by atoms with Crippen LogP contribution in [0.4, 0.5) is 10.7 Å². The highest BCUT2D eigenvalue weighted by atomic mass is 32.1. The van der Waals surface area contributed by atoms with Gasteiger partial charge in [0.25, 0.3) is 5.91 Å². The largest absolute Gasteiger partial charge is 0.397 e. The van der Waals surface area contributed by atoms with Crippen molar-refractivity contribution in [1.29, 1.82) is 0 Å². The first-order chi connectivity index (χ1) is 9.19. The van der Waals surface area contributed by atoms with Crippen LogP contribution in [0.2, 0.25) is 0 Å². The molecule has 3 rings (SSSR count). The molecule has 0 bridgehead atoms. The molecule has 0 saturated carbocycles. The topological polar surface area (TPSA) is 61.6 Å². The third kappa shape index (κ3) is 2.30. The molecule has 1 unspecified atom stereocenters. The lowest BCUT2D eigenvalue weighted by Crippen LogP contribution is -2.49. The van der Waals surface area contributed by atoms with Crippen molar-refractivity contribution in [3.8, 4) is 0 Å². The van der Waals surface area contributed by atoms with Gasteiger partial charge in [-0.25, -0.2) is 0 Å². The Morgan fingerprint density at radius 3 is 3.11 bits per heavy atom. The van der Waals surface area contributed by atoms with Crippen molar-refractivity contribution in [2.24, 2.45) is 0 Å². The number of nitrogen functional groups attached to an aromatic ring is 1. The van der Waals surface area contributed by atoms with Gasteiger partial charge in [0, 0.05) is 32.7 Å². The zero-order valence-corrected chi connectivity index (χ0v) is 12.0. The Morgan fingerprint density at radius 1 is 1.47 bits per heavy atom. The van der Waals surface area contributed by atoms with E-state index < -0.39 is 0 Å². The highest BCUT2D eigenvalue weighted by Crippen LogP contribution is 2.34. The van der Waals surface area contributed by atoms with Crippen molar-refractivity contribution in [1.82, 2.24) is 10.2 Å². The van der Waals surface area contributed by atoms with Gasteiger partial charge in [-0.2, -0.15) is 0 Å². The number of nitrogens with zero attached hydrogens (tertiary/aromatic N) is 2. The number of amides is 1. The third-order valence-electron chi connectivity index (χ3n) is 4.08. The number of thiophene rings is 1. The van der Waals surface area contributed by atoms with E-state index in [-0.39, 0.29) is 5.91 Å². The number of nitrogens with one attached hydrogen (secondary N) is 1. The van der Waals surface area contributed by atoms with E-state index in [4.69, 9.17) is 5.73 Å². The summed E-state index contributed by atoms with van der Waals surface area (Å²) in [6.45, 7) is 4.46. The molecule has 2 aliphatic heterocycles. The zero-order valence-electron chi connectivity index (χ0n) is 11.2. The average Bonchev–Trinajstić information content (AvgIpc) is 3.03. The second-order valence-corrected chi connectivity index (χ2v) is 6.26. The van der Waals surface area contributed by atoms with Gasteiger partial charge in [-0.05, 0) is 25.5 Å². The van der Waals surface area contributed by atoms with Gasteiger partial charge in [-0.15, -0.1) is 11.3 Å². The quantitative estimate of drug-likeness (QED) is 0.847. The number of hydrogen-bond acceptors (Lipinski definition) is 5. The van der Waals surface area contributed by atoms with Crippen molar-refractivity contribution in [2.45, 2.75) is 18.9 Å². The highest BCUT2D eigenvalue weighted by molar-refractivity contribution is 7.18. The van der Waals surface area contributed by atoms with E-state index in [1.807, 2.05) is 6.07 Å². The normalized spacial score (nSPS) is 23.4. The summed E-state index contributed by atoms with van der Waals surface area (Å²) in [6.07, 6.45) is 2.61. The van der Waals surface area contributed by atoms with Crippen molar-refractivity contribution >= 4 is 27.9 Å². The lowest BCUT2D eigenvalue weighted by Gasteiger charge is -2.38. The van der Waals surface area contributed by atoms with E-state index in [0.717, 1.165) is 24.6 Å². The molecular weight excluding hydrogens is 260 g/mol. The van der Waals surface area contributed by atoms with E-state index in [0.29, 0.717) is 16.6 Å². The van der Waals surface area contributed by atoms with Gasteiger partial charge in [-0.1, -0.05) is 0 Å². The first kappa shape index (κ1) is 12.7.